The molecule has 5 heteroatoms. The second-order valence-corrected chi connectivity index (χ2v) is 5.40. The number of carbonyl (C=O) groups is 1. The summed E-state index contributed by atoms with van der Waals surface area (Å²) in [6.07, 6.45) is 2.60. The van der Waals surface area contributed by atoms with Crippen LogP contribution in [0.2, 0.25) is 0 Å². The molecule has 1 amide bonds. The van der Waals surface area contributed by atoms with Crippen LogP contribution < -0.4 is 5.32 Å². The van der Waals surface area contributed by atoms with Gasteiger partial charge in [0, 0.05) is 29.8 Å². The quantitative estimate of drug-likeness (QED) is 0.768. The van der Waals surface area contributed by atoms with Crippen LogP contribution in [0.5, 0.6) is 0 Å². The Labute approximate surface area is 114 Å². The number of amides is 1. The molecular formula is C11H19Br2NO2. The van der Waals surface area contributed by atoms with Crippen molar-refractivity contribution < 1.29 is 9.53 Å². The lowest BCUT2D eigenvalue weighted by Crippen LogP contribution is -2.53. The molecule has 1 rings (SSSR count). The smallest absolute Gasteiger partial charge is 0.223 e. The fourth-order valence-electron chi connectivity index (χ4n) is 1.70. The molecular weight excluding hydrogens is 338 g/mol. The van der Waals surface area contributed by atoms with Gasteiger partial charge in [-0.3, -0.25) is 4.79 Å². The van der Waals surface area contributed by atoms with Crippen molar-refractivity contribution in [3.63, 3.8) is 0 Å². The maximum absolute atomic E-state index is 12.1. The van der Waals surface area contributed by atoms with E-state index >= 15 is 0 Å². The Hall–Kier alpha value is 0.390. The average Bonchev–Trinajstić information content (AvgIpc) is 2.37. The maximum Gasteiger partial charge on any atom is 0.223 e. The van der Waals surface area contributed by atoms with E-state index in [9.17, 15) is 4.79 Å². The Morgan fingerprint density at radius 2 is 1.94 bits per heavy atom. The molecule has 0 aromatic carbocycles. The average molecular weight is 357 g/mol. The Balaban J connectivity index is 2.53. The van der Waals surface area contributed by atoms with Crippen molar-refractivity contribution in [3.05, 3.63) is 0 Å². The van der Waals surface area contributed by atoms with Crippen molar-refractivity contribution >= 4 is 37.8 Å². The minimum atomic E-state index is -0.157. The molecule has 0 aliphatic carbocycles. The summed E-state index contributed by atoms with van der Waals surface area (Å²) in [5, 5.41) is 4.71. The third kappa shape index (κ3) is 3.70. The van der Waals surface area contributed by atoms with E-state index in [2.05, 4.69) is 44.1 Å². The molecule has 16 heavy (non-hydrogen) atoms. The molecule has 0 bridgehead atoms. The lowest BCUT2D eigenvalue weighted by molar-refractivity contribution is -0.129. The monoisotopic (exact) mass is 355 g/mol. The highest BCUT2D eigenvalue weighted by molar-refractivity contribution is 9.09. The third-order valence-electron chi connectivity index (χ3n) is 3.17. The first-order valence-corrected chi connectivity index (χ1v) is 7.93. The van der Waals surface area contributed by atoms with Crippen LogP contribution in [0, 0.1) is 5.92 Å². The van der Waals surface area contributed by atoms with Crippen LogP contribution >= 0.6 is 31.9 Å². The fraction of sp³-hybridized carbons (Fsp3) is 0.909. The highest BCUT2D eigenvalue weighted by Gasteiger charge is 2.31. The summed E-state index contributed by atoms with van der Waals surface area (Å²) >= 11 is 6.95. The zero-order valence-electron chi connectivity index (χ0n) is 9.60. The molecule has 1 saturated heterocycles. The second kappa shape index (κ2) is 6.97. The van der Waals surface area contributed by atoms with Gasteiger partial charge in [0.15, 0.2) is 0 Å². The van der Waals surface area contributed by atoms with Crippen LogP contribution in [0.1, 0.15) is 26.2 Å². The minimum absolute atomic E-state index is 0.123. The van der Waals surface area contributed by atoms with Crippen LogP contribution in [0.4, 0.5) is 0 Å². The van der Waals surface area contributed by atoms with Crippen LogP contribution in [0.25, 0.3) is 0 Å². The second-order valence-electron chi connectivity index (χ2n) is 4.28. The molecule has 0 spiro atoms. The highest BCUT2D eigenvalue weighted by Crippen LogP contribution is 2.20. The molecule has 0 unspecified atom stereocenters. The van der Waals surface area contributed by atoms with Gasteiger partial charge in [0.25, 0.3) is 0 Å². The number of ether oxygens (including phenoxy) is 1. The molecule has 0 radical (unpaired) electrons. The third-order valence-corrected chi connectivity index (χ3v) is 5.32. The SMILES string of the molecule is CCC(CBr)(CBr)NC(=O)C1CCOCC1. The Morgan fingerprint density at radius 3 is 2.38 bits per heavy atom. The van der Waals surface area contributed by atoms with Gasteiger partial charge in [0.1, 0.15) is 0 Å². The van der Waals surface area contributed by atoms with E-state index in [-0.39, 0.29) is 17.4 Å². The van der Waals surface area contributed by atoms with E-state index in [1.165, 1.54) is 0 Å². The van der Waals surface area contributed by atoms with E-state index in [4.69, 9.17) is 4.74 Å². The standard InChI is InChI=1S/C11H19Br2NO2/c1-2-11(7-12,8-13)14-10(15)9-3-5-16-6-4-9/h9H,2-8H2,1H3,(H,14,15). The highest BCUT2D eigenvalue weighted by atomic mass is 79.9. The topological polar surface area (TPSA) is 38.3 Å². The largest absolute Gasteiger partial charge is 0.381 e. The fourth-order valence-corrected chi connectivity index (χ4v) is 3.71. The van der Waals surface area contributed by atoms with Crippen molar-refractivity contribution in [2.24, 2.45) is 5.92 Å². The van der Waals surface area contributed by atoms with Gasteiger partial charge in [0.05, 0.1) is 5.54 Å². The summed E-state index contributed by atoms with van der Waals surface area (Å²) in [5.74, 6) is 0.293. The number of rotatable bonds is 5. The minimum Gasteiger partial charge on any atom is -0.381 e. The van der Waals surface area contributed by atoms with Crippen molar-refractivity contribution in [2.75, 3.05) is 23.9 Å². The summed E-state index contributed by atoms with van der Waals surface area (Å²) in [4.78, 5) is 12.1. The zero-order valence-corrected chi connectivity index (χ0v) is 12.8. The Bertz CT molecular complexity index is 218. The van der Waals surface area contributed by atoms with Crippen molar-refractivity contribution in [1.29, 1.82) is 0 Å². The van der Waals surface area contributed by atoms with E-state index in [0.717, 1.165) is 29.9 Å². The number of hydrogen-bond acceptors (Lipinski definition) is 2. The molecule has 3 nitrogen and oxygen atoms in total. The molecule has 1 heterocycles. The number of alkyl halides is 2. The summed E-state index contributed by atoms with van der Waals surface area (Å²) in [5.41, 5.74) is -0.157. The summed E-state index contributed by atoms with van der Waals surface area (Å²) in [7, 11) is 0. The number of hydrogen-bond donors (Lipinski definition) is 1. The number of nitrogens with one attached hydrogen (secondary N) is 1. The van der Waals surface area contributed by atoms with Crippen LogP contribution in [0.3, 0.4) is 0 Å². The molecule has 1 fully saturated rings. The van der Waals surface area contributed by atoms with Crippen molar-refractivity contribution in [2.45, 2.75) is 31.7 Å². The predicted molar refractivity (Wildman–Crippen MR) is 72.3 cm³/mol. The first kappa shape index (κ1) is 14.5. The van der Waals surface area contributed by atoms with Gasteiger partial charge in [-0.1, -0.05) is 38.8 Å². The van der Waals surface area contributed by atoms with Gasteiger partial charge >= 0.3 is 0 Å². The van der Waals surface area contributed by atoms with Gasteiger partial charge in [-0.15, -0.1) is 0 Å². The van der Waals surface area contributed by atoms with E-state index in [0.29, 0.717) is 13.2 Å². The lowest BCUT2D eigenvalue weighted by Gasteiger charge is -2.32. The summed E-state index contributed by atoms with van der Waals surface area (Å²) in [6.45, 7) is 3.51. The van der Waals surface area contributed by atoms with Gasteiger partial charge in [-0.05, 0) is 19.3 Å². The van der Waals surface area contributed by atoms with Gasteiger partial charge in [-0.25, -0.2) is 0 Å². The summed E-state index contributed by atoms with van der Waals surface area (Å²) < 4.78 is 5.26. The molecule has 94 valence electrons. The Kier molecular flexibility index (Phi) is 6.29. The van der Waals surface area contributed by atoms with Crippen molar-refractivity contribution in [1.82, 2.24) is 5.32 Å². The van der Waals surface area contributed by atoms with Gasteiger partial charge in [0.2, 0.25) is 5.91 Å². The molecule has 0 atom stereocenters. The van der Waals surface area contributed by atoms with Gasteiger partial charge in [-0.2, -0.15) is 0 Å². The first-order chi connectivity index (χ1) is 7.67. The lowest BCUT2D eigenvalue weighted by atomic mass is 9.95. The van der Waals surface area contributed by atoms with E-state index < -0.39 is 0 Å². The van der Waals surface area contributed by atoms with Crippen LogP contribution in [-0.4, -0.2) is 35.3 Å². The van der Waals surface area contributed by atoms with Gasteiger partial charge < -0.3 is 10.1 Å². The first-order valence-electron chi connectivity index (χ1n) is 5.69. The summed E-state index contributed by atoms with van der Waals surface area (Å²) in [6, 6.07) is 0. The van der Waals surface area contributed by atoms with Crippen LogP contribution in [-0.2, 0) is 9.53 Å². The van der Waals surface area contributed by atoms with E-state index in [1.54, 1.807) is 0 Å². The molecule has 1 N–H and O–H groups in total. The molecule has 0 saturated carbocycles. The van der Waals surface area contributed by atoms with E-state index in [1.807, 2.05) is 0 Å². The zero-order chi connectivity index (χ0) is 12.0. The maximum atomic E-state index is 12.1. The molecule has 1 aliphatic heterocycles. The van der Waals surface area contributed by atoms with Crippen molar-refractivity contribution in [3.8, 4) is 0 Å². The number of carbonyl (C=O) groups excluding carboxylic acids is 1. The van der Waals surface area contributed by atoms with Crippen LogP contribution in [0.15, 0.2) is 0 Å². The predicted octanol–water partition coefficient (Wildman–Crippen LogP) is 2.47. The number of halogens is 2. The molecule has 1 aliphatic rings. The molecule has 0 aromatic heterocycles. The normalized spacial score (nSPS) is 18.4. The molecule has 0 aromatic rings. The Morgan fingerprint density at radius 1 is 1.38 bits per heavy atom.